The van der Waals surface area contributed by atoms with Crippen LogP contribution in [0.2, 0.25) is 0 Å². The zero-order chi connectivity index (χ0) is 57.1. The fourth-order valence-corrected chi connectivity index (χ4v) is 8.47. The standard InChI is InChI=1S/C28H35FN4O6.C19H27FN4O4.C9H9ClO2/c1-28(2,3)39-26(35)30-16-22-17-33(27(36)38-22)21-9-10-24(23(29)15-21)31-11-13-32(14-12-31)25(34)19-37-18-20-7-5-4-6-8-20;1-19(2,3)28-17(25)22-11-14-12-24(18(26)27-14)13-4-5-16(15(20)10-13)23-8-6-21-7-9-23;10-9(11)7-12-6-8-4-2-1-3-5-8/h4-10,15,22H,11-14,16-19H2,1-3H3,(H,30,35);4-5,10,14,21H,6-9,11-12H2,1-3H3,(H,22,25);1-5H,6-7H2/t22-;14-;/m00./s1. The molecular weight excluding hydrogens is 1050 g/mol. The third-order valence-corrected chi connectivity index (χ3v) is 12.2. The van der Waals surface area contributed by atoms with Gasteiger partial charge in [0.2, 0.25) is 11.1 Å². The Balaban J connectivity index is 0.000000218. The van der Waals surface area contributed by atoms with Gasteiger partial charge in [0.05, 0.1) is 62.1 Å². The molecule has 8 rings (SSSR count). The highest BCUT2D eigenvalue weighted by Gasteiger charge is 2.35. The molecule has 23 heteroatoms. The van der Waals surface area contributed by atoms with E-state index in [1.54, 1.807) is 70.7 Å². The molecule has 4 aromatic rings. The zero-order valence-corrected chi connectivity index (χ0v) is 46.2. The number of amides is 5. The largest absolute Gasteiger partial charge is 0.444 e. The van der Waals surface area contributed by atoms with Crippen molar-refractivity contribution >= 4 is 69.9 Å². The van der Waals surface area contributed by atoms with Crippen LogP contribution >= 0.6 is 11.6 Å². The van der Waals surface area contributed by atoms with Crippen molar-refractivity contribution in [2.75, 3.05) is 111 Å². The van der Waals surface area contributed by atoms with Gasteiger partial charge in [0.1, 0.15) is 48.3 Å². The average Bonchev–Trinajstić information content (AvgIpc) is 4.03. The van der Waals surface area contributed by atoms with E-state index in [4.69, 9.17) is 40.0 Å². The van der Waals surface area contributed by atoms with Crippen LogP contribution in [0.1, 0.15) is 52.7 Å². The predicted octanol–water partition coefficient (Wildman–Crippen LogP) is 7.59. The molecule has 0 bridgehead atoms. The maximum Gasteiger partial charge on any atom is 0.414 e. The van der Waals surface area contributed by atoms with Crippen molar-refractivity contribution in [2.24, 2.45) is 0 Å². The molecular formula is C56H71ClF2N8O12. The molecule has 0 unspecified atom stereocenters. The highest BCUT2D eigenvalue weighted by molar-refractivity contribution is 6.63. The molecule has 4 saturated heterocycles. The number of carbonyl (C=O) groups excluding carboxylic acids is 6. The van der Waals surface area contributed by atoms with Gasteiger partial charge in [-0.05, 0) is 101 Å². The van der Waals surface area contributed by atoms with Crippen molar-refractivity contribution < 1.29 is 66.0 Å². The SMILES string of the molecule is CC(C)(C)OC(=O)NC[C@H]1CN(c2ccc(N3CCN(C(=O)COCc4ccccc4)CC3)c(F)c2)C(=O)O1.CC(C)(C)OC(=O)NC[C@H]1CN(c2ccc(N3CCNCC3)c(F)c2)C(=O)O1.O=C(Cl)COCc1ccccc1. The molecule has 4 aromatic carbocycles. The second-order valence-electron chi connectivity index (χ2n) is 20.7. The minimum absolute atomic E-state index is 0.00181. The van der Waals surface area contributed by atoms with Crippen molar-refractivity contribution in [1.29, 1.82) is 0 Å². The molecule has 4 aliphatic rings. The minimum Gasteiger partial charge on any atom is -0.444 e. The first-order valence-corrected chi connectivity index (χ1v) is 26.4. The number of carbonyl (C=O) groups is 6. The molecule has 0 aliphatic carbocycles. The number of anilines is 4. The fraction of sp³-hybridized carbons (Fsp3) is 0.464. The first kappa shape index (κ1) is 61.0. The lowest BCUT2D eigenvalue weighted by Crippen LogP contribution is -2.50. The van der Waals surface area contributed by atoms with Gasteiger partial charge in [0, 0.05) is 52.4 Å². The quantitative estimate of drug-likeness (QED) is 0.0729. The Morgan fingerprint density at radius 3 is 1.43 bits per heavy atom. The van der Waals surface area contributed by atoms with Crippen LogP contribution in [0, 0.1) is 11.6 Å². The summed E-state index contributed by atoms with van der Waals surface area (Å²) in [4.78, 5) is 79.2. The molecule has 0 spiro atoms. The van der Waals surface area contributed by atoms with Gasteiger partial charge in [0.25, 0.3) is 0 Å². The first-order chi connectivity index (χ1) is 37.6. The number of piperazine rings is 2. The van der Waals surface area contributed by atoms with Crippen LogP contribution in [0.4, 0.5) is 50.7 Å². The smallest absolute Gasteiger partial charge is 0.414 e. The van der Waals surface area contributed by atoms with Gasteiger partial charge in [-0.2, -0.15) is 0 Å². The van der Waals surface area contributed by atoms with Gasteiger partial charge in [-0.25, -0.2) is 28.0 Å². The molecule has 5 amide bonds. The van der Waals surface area contributed by atoms with E-state index in [0.29, 0.717) is 62.1 Å². The summed E-state index contributed by atoms with van der Waals surface area (Å²) in [5.41, 5.74) is 2.53. The van der Waals surface area contributed by atoms with Gasteiger partial charge < -0.3 is 59.1 Å². The number of nitrogens with zero attached hydrogens (tertiary/aromatic N) is 5. The number of hydrogen-bond donors (Lipinski definition) is 3. The van der Waals surface area contributed by atoms with Crippen LogP contribution in [0.25, 0.3) is 0 Å². The molecule has 428 valence electrons. The van der Waals surface area contributed by atoms with Gasteiger partial charge in [0.15, 0.2) is 0 Å². The van der Waals surface area contributed by atoms with Crippen LogP contribution in [0.3, 0.4) is 0 Å². The molecule has 0 radical (unpaired) electrons. The Bertz CT molecular complexity index is 2670. The number of halogens is 3. The summed E-state index contributed by atoms with van der Waals surface area (Å²) in [6, 6.07) is 28.6. The van der Waals surface area contributed by atoms with Crippen molar-refractivity contribution in [3.8, 4) is 0 Å². The van der Waals surface area contributed by atoms with Gasteiger partial charge >= 0.3 is 24.4 Å². The van der Waals surface area contributed by atoms with Crippen LogP contribution in [-0.4, -0.2) is 156 Å². The molecule has 0 saturated carbocycles. The van der Waals surface area contributed by atoms with Crippen molar-refractivity contribution in [1.82, 2.24) is 20.9 Å². The second-order valence-corrected chi connectivity index (χ2v) is 21.1. The number of alkyl carbamates (subject to hydrolysis) is 2. The Kier molecular flexibility index (Phi) is 22.4. The van der Waals surface area contributed by atoms with Crippen LogP contribution in [0.5, 0.6) is 0 Å². The Hall–Kier alpha value is -7.27. The Morgan fingerprint density at radius 1 is 0.608 bits per heavy atom. The molecule has 2 atom stereocenters. The highest BCUT2D eigenvalue weighted by Crippen LogP contribution is 2.30. The van der Waals surface area contributed by atoms with Gasteiger partial charge in [-0.15, -0.1) is 0 Å². The van der Waals surface area contributed by atoms with Crippen LogP contribution in [0.15, 0.2) is 97.1 Å². The van der Waals surface area contributed by atoms with Crippen molar-refractivity contribution in [2.45, 2.75) is 78.2 Å². The minimum atomic E-state index is -0.638. The van der Waals surface area contributed by atoms with E-state index >= 15 is 4.39 Å². The number of benzene rings is 4. The van der Waals surface area contributed by atoms with E-state index in [0.717, 1.165) is 37.3 Å². The highest BCUT2D eigenvalue weighted by atomic mass is 35.5. The van der Waals surface area contributed by atoms with Crippen LogP contribution in [-0.2, 0) is 51.2 Å². The fourth-order valence-electron chi connectivity index (χ4n) is 8.39. The van der Waals surface area contributed by atoms with E-state index in [1.165, 1.54) is 21.9 Å². The van der Waals surface area contributed by atoms with Gasteiger partial charge in [-0.3, -0.25) is 19.4 Å². The summed E-state index contributed by atoms with van der Waals surface area (Å²) in [5, 5.41) is 7.94. The summed E-state index contributed by atoms with van der Waals surface area (Å²) >= 11 is 5.08. The van der Waals surface area contributed by atoms with E-state index in [-0.39, 0.29) is 51.1 Å². The number of ether oxygens (including phenoxy) is 6. The predicted molar refractivity (Wildman–Crippen MR) is 293 cm³/mol. The number of hydrogen-bond acceptors (Lipinski definition) is 15. The Morgan fingerprint density at radius 2 is 1.03 bits per heavy atom. The summed E-state index contributed by atoms with van der Waals surface area (Å²) in [5.74, 6) is -0.936. The molecule has 4 fully saturated rings. The lowest BCUT2D eigenvalue weighted by atomic mass is 10.2. The third kappa shape index (κ3) is 20.2. The molecule has 4 aliphatic heterocycles. The number of cyclic esters (lactones) is 2. The summed E-state index contributed by atoms with van der Waals surface area (Å²) in [6.07, 6.45) is -3.47. The van der Waals surface area contributed by atoms with Crippen molar-refractivity contribution in [3.63, 3.8) is 0 Å². The van der Waals surface area contributed by atoms with E-state index in [2.05, 4.69) is 16.0 Å². The molecule has 3 N–H and O–H groups in total. The van der Waals surface area contributed by atoms with E-state index < -0.39 is 58.8 Å². The first-order valence-electron chi connectivity index (χ1n) is 26.0. The average molecular weight is 1120 g/mol. The number of nitrogens with one attached hydrogen (secondary N) is 3. The maximum atomic E-state index is 15.1. The van der Waals surface area contributed by atoms with E-state index in [9.17, 15) is 33.2 Å². The molecule has 20 nitrogen and oxygen atoms in total. The summed E-state index contributed by atoms with van der Waals surface area (Å²) in [7, 11) is 0. The normalized spacial score (nSPS) is 17.4. The second kappa shape index (κ2) is 29.1. The van der Waals surface area contributed by atoms with Gasteiger partial charge in [-0.1, -0.05) is 60.7 Å². The third-order valence-electron chi connectivity index (χ3n) is 12.1. The van der Waals surface area contributed by atoms with Crippen LogP contribution < -0.4 is 35.6 Å². The topological polar surface area (TPSA) is 210 Å². The van der Waals surface area contributed by atoms with E-state index in [1.807, 2.05) is 70.5 Å². The lowest BCUT2D eigenvalue weighted by molar-refractivity contribution is -0.136. The molecule has 79 heavy (non-hydrogen) atoms. The molecule has 4 heterocycles. The maximum absolute atomic E-state index is 15.1. The van der Waals surface area contributed by atoms with Crippen molar-refractivity contribution in [3.05, 3.63) is 120 Å². The summed E-state index contributed by atoms with van der Waals surface area (Å²) < 4.78 is 61.2. The summed E-state index contributed by atoms with van der Waals surface area (Å²) in [6.45, 7) is 16.9. The Labute approximate surface area is 464 Å². The number of rotatable bonds is 16. The lowest BCUT2D eigenvalue weighted by Gasteiger charge is -2.36. The zero-order valence-electron chi connectivity index (χ0n) is 45.5. The molecule has 0 aromatic heterocycles. The monoisotopic (exact) mass is 1120 g/mol.